The van der Waals surface area contributed by atoms with E-state index in [1.54, 1.807) is 12.1 Å². The first kappa shape index (κ1) is 23.3. The van der Waals surface area contributed by atoms with Gasteiger partial charge < -0.3 is 9.55 Å². The number of carbonyl (C=O) groups is 2. The lowest BCUT2D eigenvalue weighted by molar-refractivity contribution is 0.0965. The molecular weight excluding hydrogens is 470 g/mol. The second kappa shape index (κ2) is 9.43. The predicted octanol–water partition coefficient (Wildman–Crippen LogP) is 7.17. The molecule has 2 aliphatic rings. The molecule has 0 spiro atoms. The SMILES string of the molecule is O=C1CCCc2[nH]c3ccc(F)cc3c21.O=C1CCCc2c1c1cc(F)ccc1n2Cc1ccccc1. The van der Waals surface area contributed by atoms with Crippen LogP contribution in [0.2, 0.25) is 0 Å². The van der Waals surface area contributed by atoms with E-state index in [1.165, 1.54) is 29.8 Å². The second-order valence-electron chi connectivity index (χ2n) is 9.78. The largest absolute Gasteiger partial charge is 0.358 e. The number of nitrogens with zero attached hydrogens (tertiary/aromatic N) is 1. The van der Waals surface area contributed by atoms with Gasteiger partial charge in [-0.1, -0.05) is 30.3 Å². The minimum absolute atomic E-state index is 0.133. The minimum atomic E-state index is -0.289. The fraction of sp³-hybridized carbons (Fsp3) is 0.226. The van der Waals surface area contributed by atoms with E-state index in [0.29, 0.717) is 24.9 Å². The van der Waals surface area contributed by atoms with Crippen molar-refractivity contribution in [2.24, 2.45) is 0 Å². The highest BCUT2D eigenvalue weighted by atomic mass is 19.1. The maximum Gasteiger partial charge on any atom is 0.165 e. The molecule has 6 heteroatoms. The Balaban J connectivity index is 0.000000146. The zero-order valence-electron chi connectivity index (χ0n) is 20.3. The number of hydrogen-bond acceptors (Lipinski definition) is 2. The summed E-state index contributed by atoms with van der Waals surface area (Å²) in [5.74, 6) is -0.301. The summed E-state index contributed by atoms with van der Waals surface area (Å²) in [7, 11) is 0. The average molecular weight is 497 g/mol. The molecule has 3 aromatic carbocycles. The lowest BCUT2D eigenvalue weighted by Crippen LogP contribution is -2.13. The monoisotopic (exact) mass is 496 g/mol. The number of halogens is 2. The third-order valence-electron chi connectivity index (χ3n) is 7.36. The maximum absolute atomic E-state index is 13.6. The number of rotatable bonds is 2. The smallest absolute Gasteiger partial charge is 0.165 e. The van der Waals surface area contributed by atoms with Gasteiger partial charge in [0.1, 0.15) is 11.6 Å². The standard InChI is InChI=1S/C19H16FNO.C12H10FNO/c20-14-9-10-16-15(11-14)19-17(7-4-8-18(19)22)21(16)12-13-5-2-1-3-6-13;13-7-4-5-9-8(6-7)12-10(14-9)2-1-3-11(12)15/h1-3,5-6,9-11H,4,7-8,12H2;4-6,14H,1-3H2. The molecule has 0 radical (unpaired) electrons. The highest BCUT2D eigenvalue weighted by Gasteiger charge is 2.26. The number of nitrogens with one attached hydrogen (secondary N) is 1. The van der Waals surface area contributed by atoms with Gasteiger partial charge in [0.05, 0.1) is 0 Å². The van der Waals surface area contributed by atoms with Crippen LogP contribution in [-0.4, -0.2) is 21.1 Å². The molecule has 0 bridgehead atoms. The maximum atomic E-state index is 13.6. The summed E-state index contributed by atoms with van der Waals surface area (Å²) in [5, 5.41) is 1.49. The number of aromatic amines is 1. The molecule has 1 N–H and O–H groups in total. The number of ketones is 2. The van der Waals surface area contributed by atoms with E-state index < -0.39 is 0 Å². The van der Waals surface area contributed by atoms with Gasteiger partial charge in [-0.15, -0.1) is 0 Å². The summed E-state index contributed by atoms with van der Waals surface area (Å²) in [6.45, 7) is 0.714. The van der Waals surface area contributed by atoms with Crippen molar-refractivity contribution in [2.75, 3.05) is 0 Å². The Labute approximate surface area is 212 Å². The van der Waals surface area contributed by atoms with Crippen molar-refractivity contribution in [3.63, 3.8) is 0 Å². The van der Waals surface area contributed by atoms with Crippen LogP contribution in [0.4, 0.5) is 8.78 Å². The molecule has 2 heterocycles. The first-order valence-electron chi connectivity index (χ1n) is 12.7. The Morgan fingerprint density at radius 2 is 1.41 bits per heavy atom. The Kier molecular flexibility index (Phi) is 5.95. The molecule has 0 saturated carbocycles. The minimum Gasteiger partial charge on any atom is -0.358 e. The van der Waals surface area contributed by atoms with Gasteiger partial charge in [0.25, 0.3) is 0 Å². The van der Waals surface area contributed by atoms with Crippen LogP contribution in [0.1, 0.15) is 63.4 Å². The van der Waals surface area contributed by atoms with Crippen LogP contribution in [0, 0.1) is 11.6 Å². The highest BCUT2D eigenvalue weighted by molar-refractivity contribution is 6.11. The summed E-state index contributed by atoms with van der Waals surface area (Å²) in [5.41, 5.74) is 6.45. The normalized spacial score (nSPS) is 14.9. The molecule has 2 aliphatic carbocycles. The Morgan fingerprint density at radius 3 is 2.19 bits per heavy atom. The highest BCUT2D eigenvalue weighted by Crippen LogP contribution is 2.33. The number of fused-ring (bicyclic) bond motifs is 6. The summed E-state index contributed by atoms with van der Waals surface area (Å²) in [6.07, 6.45) is 4.67. The van der Waals surface area contributed by atoms with Crippen molar-refractivity contribution in [3.05, 3.63) is 106 Å². The van der Waals surface area contributed by atoms with Gasteiger partial charge in [-0.3, -0.25) is 9.59 Å². The number of H-pyrrole nitrogens is 1. The van der Waals surface area contributed by atoms with Gasteiger partial charge in [-0.2, -0.15) is 0 Å². The molecule has 0 unspecified atom stereocenters. The first-order valence-corrected chi connectivity index (χ1v) is 12.7. The van der Waals surface area contributed by atoms with Crippen molar-refractivity contribution in [3.8, 4) is 0 Å². The lowest BCUT2D eigenvalue weighted by Gasteiger charge is -2.15. The molecule has 186 valence electrons. The topological polar surface area (TPSA) is 54.9 Å². The third kappa shape index (κ3) is 4.26. The summed E-state index contributed by atoms with van der Waals surface area (Å²) in [4.78, 5) is 27.3. The number of benzene rings is 3. The fourth-order valence-corrected chi connectivity index (χ4v) is 5.72. The molecule has 0 aliphatic heterocycles. The van der Waals surface area contributed by atoms with Crippen molar-refractivity contribution >= 4 is 33.4 Å². The molecule has 0 fully saturated rings. The number of aromatic nitrogens is 2. The summed E-state index contributed by atoms with van der Waals surface area (Å²) >= 11 is 0. The summed E-state index contributed by atoms with van der Waals surface area (Å²) < 4.78 is 28.9. The molecule has 0 saturated heterocycles. The van der Waals surface area contributed by atoms with Crippen molar-refractivity contribution in [1.29, 1.82) is 0 Å². The van der Waals surface area contributed by atoms with Crippen LogP contribution in [-0.2, 0) is 19.4 Å². The zero-order chi connectivity index (χ0) is 25.5. The third-order valence-corrected chi connectivity index (χ3v) is 7.36. The van der Waals surface area contributed by atoms with E-state index in [0.717, 1.165) is 64.4 Å². The van der Waals surface area contributed by atoms with Gasteiger partial charge in [-0.25, -0.2) is 8.78 Å². The Bertz CT molecular complexity index is 1660. The average Bonchev–Trinajstić information content (AvgIpc) is 3.42. The van der Waals surface area contributed by atoms with Crippen LogP contribution >= 0.6 is 0 Å². The van der Waals surface area contributed by atoms with Gasteiger partial charge in [0.2, 0.25) is 0 Å². The molecule has 37 heavy (non-hydrogen) atoms. The van der Waals surface area contributed by atoms with Crippen molar-refractivity contribution in [1.82, 2.24) is 9.55 Å². The number of carbonyl (C=O) groups excluding carboxylic acids is 2. The van der Waals surface area contributed by atoms with Crippen molar-refractivity contribution < 1.29 is 18.4 Å². The predicted molar refractivity (Wildman–Crippen MR) is 140 cm³/mol. The molecule has 0 atom stereocenters. The Hall–Kier alpha value is -4.06. The van der Waals surface area contributed by atoms with Gasteiger partial charge in [0, 0.05) is 63.7 Å². The number of Topliss-reactive ketones (excluding diaryl/α,β-unsaturated/α-hetero) is 2. The van der Waals surface area contributed by atoms with Crippen LogP contribution < -0.4 is 0 Å². The first-order chi connectivity index (χ1) is 18.0. The quantitative estimate of drug-likeness (QED) is 0.282. The number of hydrogen-bond donors (Lipinski definition) is 1. The van der Waals surface area contributed by atoms with Gasteiger partial charge in [-0.05, 0) is 67.6 Å². The van der Waals surface area contributed by atoms with E-state index in [-0.39, 0.29) is 23.2 Å². The summed E-state index contributed by atoms with van der Waals surface area (Å²) in [6, 6.07) is 19.5. The molecule has 2 aromatic heterocycles. The number of aryl methyl sites for hydroxylation is 1. The van der Waals surface area contributed by atoms with Crippen molar-refractivity contribution in [2.45, 2.75) is 45.1 Å². The molecule has 7 rings (SSSR count). The van der Waals surface area contributed by atoms with Crippen LogP contribution in [0.25, 0.3) is 21.8 Å². The van der Waals surface area contributed by atoms with E-state index in [4.69, 9.17) is 0 Å². The van der Waals surface area contributed by atoms with E-state index in [2.05, 4.69) is 21.7 Å². The molecule has 0 amide bonds. The van der Waals surface area contributed by atoms with E-state index >= 15 is 0 Å². The molecule has 4 nitrogen and oxygen atoms in total. The van der Waals surface area contributed by atoms with Gasteiger partial charge >= 0.3 is 0 Å². The molecule has 5 aromatic rings. The van der Waals surface area contributed by atoms with Gasteiger partial charge in [0.15, 0.2) is 11.6 Å². The Morgan fingerprint density at radius 1 is 0.730 bits per heavy atom. The van der Waals surface area contributed by atoms with E-state index in [9.17, 15) is 18.4 Å². The van der Waals surface area contributed by atoms with Crippen LogP contribution in [0.5, 0.6) is 0 Å². The fourth-order valence-electron chi connectivity index (χ4n) is 5.72. The second-order valence-corrected chi connectivity index (χ2v) is 9.78. The molecular formula is C31H26F2N2O2. The van der Waals surface area contributed by atoms with E-state index in [1.807, 2.05) is 18.2 Å². The zero-order valence-corrected chi connectivity index (χ0v) is 20.3. The van der Waals surface area contributed by atoms with Crippen LogP contribution in [0.15, 0.2) is 66.7 Å². The lowest BCUT2D eigenvalue weighted by atomic mass is 9.94. The van der Waals surface area contributed by atoms with Crippen LogP contribution in [0.3, 0.4) is 0 Å².